The molecule has 13 heteroatoms. The van der Waals surface area contributed by atoms with Crippen molar-refractivity contribution in [3.05, 3.63) is 15.3 Å². The third-order valence-electron chi connectivity index (χ3n) is 7.18. The van der Waals surface area contributed by atoms with Crippen LogP contribution in [0.2, 0.25) is 5.02 Å². The summed E-state index contributed by atoms with van der Waals surface area (Å²) >= 11 is 9.74. The lowest BCUT2D eigenvalue weighted by Crippen LogP contribution is -2.39. The molecule has 1 aliphatic carbocycles. The van der Waals surface area contributed by atoms with Crippen molar-refractivity contribution in [1.82, 2.24) is 14.9 Å². The molecule has 0 radical (unpaired) electrons. The zero-order valence-electron chi connectivity index (χ0n) is 24.5. The highest BCUT2D eigenvalue weighted by molar-refractivity contribution is 9.10. The minimum atomic E-state index is -0.610. The van der Waals surface area contributed by atoms with E-state index >= 15 is 4.39 Å². The van der Waals surface area contributed by atoms with Crippen molar-refractivity contribution >= 4 is 50.3 Å². The molecule has 4 rings (SSSR count). The van der Waals surface area contributed by atoms with E-state index in [-0.39, 0.29) is 45.4 Å². The topological polar surface area (TPSA) is 95.5 Å². The molecule has 0 saturated heterocycles. The lowest BCUT2D eigenvalue weighted by Gasteiger charge is -2.27. The lowest BCUT2D eigenvalue weighted by atomic mass is 10.1. The normalized spacial score (nSPS) is 16.0. The number of carbonyl (C=O) groups is 1. The Kier molecular flexibility index (Phi) is 10.1. The predicted molar refractivity (Wildman–Crippen MR) is 158 cm³/mol. The van der Waals surface area contributed by atoms with Crippen LogP contribution in [0.4, 0.5) is 15.0 Å². The van der Waals surface area contributed by atoms with E-state index in [1.165, 1.54) is 0 Å². The Labute approximate surface area is 253 Å². The summed E-state index contributed by atoms with van der Waals surface area (Å²) in [6.45, 7) is 7.76. The minimum absolute atomic E-state index is 0.0588. The minimum Gasteiger partial charge on any atom is -0.489 e. The second kappa shape index (κ2) is 13.0. The van der Waals surface area contributed by atoms with Crippen molar-refractivity contribution in [1.29, 1.82) is 0 Å². The van der Waals surface area contributed by atoms with E-state index < -0.39 is 11.4 Å². The Hall–Kier alpha value is -2.15. The van der Waals surface area contributed by atoms with Crippen LogP contribution in [0.25, 0.3) is 10.9 Å². The standard InChI is InChI=1S/C28H39BrClFN4O6/c1-27(2,3)41-26(36)34(4)15-28(10-11-28)16-40-25-32-22-18-23(20(30)19(29)21(22)31)39-14-13-35(24(18)33-25)12-8-7-9-17(37-5)38-6/h17H,7-16H2,1-6H3. The van der Waals surface area contributed by atoms with Gasteiger partial charge < -0.3 is 33.5 Å². The lowest BCUT2D eigenvalue weighted by molar-refractivity contribution is -0.107. The Balaban J connectivity index is 1.56. The average molecular weight is 662 g/mol. The number of unbranched alkanes of at least 4 members (excludes halogenated alkanes) is 1. The number of aromatic nitrogens is 2. The number of hydrogen-bond donors (Lipinski definition) is 0. The summed E-state index contributed by atoms with van der Waals surface area (Å²) in [5, 5.41) is 0.554. The third kappa shape index (κ3) is 7.63. The van der Waals surface area contributed by atoms with Crippen molar-refractivity contribution in [2.45, 2.75) is 64.8 Å². The third-order valence-corrected chi connectivity index (χ3v) is 8.52. The van der Waals surface area contributed by atoms with Gasteiger partial charge in [-0.05, 0) is 68.8 Å². The van der Waals surface area contributed by atoms with Crippen LogP contribution in [0, 0.1) is 11.2 Å². The van der Waals surface area contributed by atoms with E-state index in [2.05, 4.69) is 25.8 Å². The van der Waals surface area contributed by atoms with Crippen LogP contribution in [0.3, 0.4) is 0 Å². The second-order valence-electron chi connectivity index (χ2n) is 11.7. The molecule has 2 aliphatic rings. The first kappa shape index (κ1) is 31.8. The smallest absolute Gasteiger partial charge is 0.410 e. The molecule has 1 amide bonds. The van der Waals surface area contributed by atoms with Crippen LogP contribution in [0.15, 0.2) is 4.47 Å². The van der Waals surface area contributed by atoms with E-state index in [4.69, 9.17) is 40.3 Å². The summed E-state index contributed by atoms with van der Waals surface area (Å²) in [5.74, 6) is 0.244. The van der Waals surface area contributed by atoms with Gasteiger partial charge in [-0.3, -0.25) is 0 Å². The van der Waals surface area contributed by atoms with E-state index in [9.17, 15) is 4.79 Å². The number of ether oxygens (including phenoxy) is 5. The highest BCUT2D eigenvalue weighted by Crippen LogP contribution is 2.48. The largest absolute Gasteiger partial charge is 0.489 e. The zero-order valence-corrected chi connectivity index (χ0v) is 26.9. The summed E-state index contributed by atoms with van der Waals surface area (Å²) in [7, 11) is 4.95. The van der Waals surface area contributed by atoms with Gasteiger partial charge in [-0.15, -0.1) is 0 Å². The number of halogens is 3. The fourth-order valence-corrected chi connectivity index (χ4v) is 5.41. The summed E-state index contributed by atoms with van der Waals surface area (Å²) in [5.41, 5.74) is -0.759. The van der Waals surface area contributed by atoms with Crippen molar-refractivity contribution in [2.24, 2.45) is 5.41 Å². The number of hydrogen-bond acceptors (Lipinski definition) is 9. The molecule has 1 aromatic carbocycles. The number of carbonyl (C=O) groups excluding carboxylic acids is 1. The maximum atomic E-state index is 15.5. The molecule has 1 aliphatic heterocycles. The van der Waals surface area contributed by atoms with Crippen LogP contribution < -0.4 is 14.4 Å². The molecule has 0 unspecified atom stereocenters. The van der Waals surface area contributed by atoms with Crippen LogP contribution in [-0.2, 0) is 14.2 Å². The molecular weight excluding hydrogens is 623 g/mol. The SMILES string of the molecule is COC(CCCCN1CCOc2c(Cl)c(Br)c(F)c3nc(OCC4(CN(C)C(=O)OC(C)(C)C)CC4)nc1c23)OC. The van der Waals surface area contributed by atoms with Gasteiger partial charge in [0.25, 0.3) is 0 Å². The van der Waals surface area contributed by atoms with Crippen LogP contribution in [0.1, 0.15) is 52.9 Å². The Morgan fingerprint density at radius 2 is 1.95 bits per heavy atom. The van der Waals surface area contributed by atoms with E-state index in [1.807, 2.05) is 20.8 Å². The number of amides is 1. The van der Waals surface area contributed by atoms with E-state index in [1.54, 1.807) is 26.2 Å². The van der Waals surface area contributed by atoms with Gasteiger partial charge in [-0.1, -0.05) is 11.6 Å². The highest BCUT2D eigenvalue weighted by Gasteiger charge is 2.46. The number of anilines is 1. The number of benzene rings is 1. The van der Waals surface area contributed by atoms with E-state index in [0.29, 0.717) is 43.2 Å². The number of nitrogens with zero attached hydrogens (tertiary/aromatic N) is 4. The van der Waals surface area contributed by atoms with Crippen molar-refractivity contribution in [3.8, 4) is 11.8 Å². The summed E-state index contributed by atoms with van der Waals surface area (Å²) in [4.78, 5) is 25.3. The van der Waals surface area contributed by atoms with Crippen molar-refractivity contribution in [3.63, 3.8) is 0 Å². The molecule has 228 valence electrons. The maximum Gasteiger partial charge on any atom is 0.410 e. The molecule has 2 aromatic rings. The van der Waals surface area contributed by atoms with Gasteiger partial charge in [0.15, 0.2) is 17.9 Å². The summed E-state index contributed by atoms with van der Waals surface area (Å²) < 4.78 is 43.8. The first-order valence-corrected chi connectivity index (χ1v) is 14.9. The van der Waals surface area contributed by atoms with Crippen LogP contribution >= 0.6 is 27.5 Å². The summed E-state index contributed by atoms with van der Waals surface area (Å²) in [6, 6.07) is 0.0588. The van der Waals surface area contributed by atoms with Gasteiger partial charge in [-0.2, -0.15) is 9.97 Å². The molecule has 0 atom stereocenters. The van der Waals surface area contributed by atoms with Crippen LogP contribution in [0.5, 0.6) is 11.8 Å². The predicted octanol–water partition coefficient (Wildman–Crippen LogP) is 6.20. The van der Waals surface area contributed by atoms with Gasteiger partial charge in [-0.25, -0.2) is 9.18 Å². The monoisotopic (exact) mass is 660 g/mol. The fraction of sp³-hybridized carbons (Fsp3) is 0.679. The molecule has 0 spiro atoms. The Morgan fingerprint density at radius 1 is 1.24 bits per heavy atom. The maximum absolute atomic E-state index is 15.5. The Bertz CT molecular complexity index is 1250. The fourth-order valence-electron chi connectivity index (χ4n) is 4.81. The Morgan fingerprint density at radius 3 is 2.59 bits per heavy atom. The molecule has 0 bridgehead atoms. The quantitative estimate of drug-likeness (QED) is 0.150. The molecule has 10 nitrogen and oxygen atoms in total. The molecule has 1 fully saturated rings. The average Bonchev–Trinajstić information content (AvgIpc) is 3.71. The summed E-state index contributed by atoms with van der Waals surface area (Å²) in [6.07, 6.45) is 3.54. The van der Waals surface area contributed by atoms with Gasteiger partial charge in [0, 0.05) is 39.8 Å². The van der Waals surface area contributed by atoms with Gasteiger partial charge in [0.2, 0.25) is 0 Å². The zero-order chi connectivity index (χ0) is 29.9. The molecule has 1 aromatic heterocycles. The number of rotatable bonds is 12. The van der Waals surface area contributed by atoms with Crippen LogP contribution in [-0.4, -0.2) is 87.0 Å². The first-order valence-electron chi connectivity index (χ1n) is 13.8. The molecular formula is C28H39BrClFN4O6. The molecule has 0 N–H and O–H groups in total. The number of methoxy groups -OCH3 is 2. The molecule has 1 saturated carbocycles. The molecule has 41 heavy (non-hydrogen) atoms. The van der Waals surface area contributed by atoms with Crippen molar-refractivity contribution in [2.75, 3.05) is 59.0 Å². The van der Waals surface area contributed by atoms with Crippen molar-refractivity contribution < 1.29 is 32.9 Å². The molecule has 2 heterocycles. The highest BCUT2D eigenvalue weighted by atomic mass is 79.9. The second-order valence-corrected chi connectivity index (χ2v) is 12.9. The van der Waals surface area contributed by atoms with Gasteiger partial charge in [0.05, 0.1) is 23.0 Å². The van der Waals surface area contributed by atoms with E-state index in [0.717, 1.165) is 32.1 Å². The van der Waals surface area contributed by atoms with Gasteiger partial charge >= 0.3 is 12.1 Å². The van der Waals surface area contributed by atoms with Gasteiger partial charge in [0.1, 0.15) is 28.6 Å². The first-order chi connectivity index (χ1) is 19.4.